The number of fused-ring (bicyclic) bond motifs is 2. The first-order valence-electron chi connectivity index (χ1n) is 10.7. The molecule has 1 aliphatic heterocycles. The van der Waals surface area contributed by atoms with Gasteiger partial charge in [0, 0.05) is 20.2 Å². The number of carbonyl (C=O) groups is 1. The minimum Gasteiger partial charge on any atom is -0.374 e. The summed E-state index contributed by atoms with van der Waals surface area (Å²) < 4.78 is 40.3. The van der Waals surface area contributed by atoms with Crippen molar-refractivity contribution < 1.29 is 22.7 Å². The largest absolute Gasteiger partial charge is 0.374 e. The van der Waals surface area contributed by atoms with E-state index in [4.69, 9.17) is 9.47 Å². The van der Waals surface area contributed by atoms with E-state index in [9.17, 15) is 13.2 Å². The van der Waals surface area contributed by atoms with Gasteiger partial charge in [-0.15, -0.1) is 0 Å². The lowest BCUT2D eigenvalue weighted by Gasteiger charge is -2.39. The van der Waals surface area contributed by atoms with E-state index in [2.05, 4.69) is 15.9 Å². The molecule has 1 aromatic carbocycles. The summed E-state index contributed by atoms with van der Waals surface area (Å²) in [5.74, 6) is -0.518. The van der Waals surface area contributed by atoms with Crippen molar-refractivity contribution in [3.05, 3.63) is 45.6 Å². The first kappa shape index (κ1) is 20.7. The molecule has 8 nitrogen and oxygen atoms in total. The van der Waals surface area contributed by atoms with Gasteiger partial charge in [-0.1, -0.05) is 6.07 Å². The molecule has 2 aliphatic carbocycles. The summed E-state index contributed by atoms with van der Waals surface area (Å²) in [6.45, 7) is 0.665. The number of sulfonamides is 1. The molecule has 1 fully saturated rings. The fourth-order valence-corrected chi connectivity index (χ4v) is 6.18. The molecule has 9 heteroatoms. The summed E-state index contributed by atoms with van der Waals surface area (Å²) in [7, 11) is -0.874. The van der Waals surface area contributed by atoms with Crippen molar-refractivity contribution in [2.75, 3.05) is 20.3 Å². The molecule has 0 atom stereocenters. The van der Waals surface area contributed by atoms with E-state index in [1.165, 1.54) is 33.0 Å². The number of ether oxygens (including phenoxy) is 2. The molecular weight excluding hydrogens is 418 g/mol. The summed E-state index contributed by atoms with van der Waals surface area (Å²) >= 11 is 0. The second-order valence-electron chi connectivity index (χ2n) is 8.73. The molecule has 0 bridgehead atoms. The lowest BCUT2D eigenvalue weighted by molar-refractivity contribution is -0.206. The van der Waals surface area contributed by atoms with Gasteiger partial charge in [0.1, 0.15) is 0 Å². The molecule has 2 aromatic rings. The third-order valence-electron chi connectivity index (χ3n) is 6.84. The van der Waals surface area contributed by atoms with Crippen LogP contribution in [-0.4, -0.2) is 44.4 Å². The molecule has 0 saturated carbocycles. The number of nitrogens with zero attached hydrogens (tertiary/aromatic N) is 2. The SMILES string of the molecule is COC1(c2cc(S(=O)(=O)NC(=O)Cc3c4c(cc5c3CCC5)CCC4)nn2C)COC1. The quantitative estimate of drug-likeness (QED) is 0.720. The van der Waals surface area contributed by atoms with Crippen molar-refractivity contribution in [3.8, 4) is 0 Å². The van der Waals surface area contributed by atoms with Gasteiger partial charge in [-0.3, -0.25) is 9.48 Å². The molecule has 0 unspecified atom stereocenters. The number of methoxy groups -OCH3 is 1. The third-order valence-corrected chi connectivity index (χ3v) is 8.09. The maximum absolute atomic E-state index is 12.9. The lowest BCUT2D eigenvalue weighted by Crippen LogP contribution is -2.49. The van der Waals surface area contributed by atoms with Crippen molar-refractivity contribution in [2.45, 2.75) is 55.6 Å². The van der Waals surface area contributed by atoms with Gasteiger partial charge in [0.15, 0.2) is 10.6 Å². The van der Waals surface area contributed by atoms with Crippen LogP contribution in [0.2, 0.25) is 0 Å². The van der Waals surface area contributed by atoms with Crippen LogP contribution in [0, 0.1) is 0 Å². The number of carbonyl (C=O) groups excluding carboxylic acids is 1. The van der Waals surface area contributed by atoms with Crippen LogP contribution in [0.1, 0.15) is 46.4 Å². The van der Waals surface area contributed by atoms with E-state index in [-0.39, 0.29) is 11.4 Å². The summed E-state index contributed by atoms with van der Waals surface area (Å²) in [4.78, 5) is 12.8. The van der Waals surface area contributed by atoms with Gasteiger partial charge >= 0.3 is 0 Å². The fourth-order valence-electron chi connectivity index (χ4n) is 5.20. The third kappa shape index (κ3) is 3.39. The Labute approximate surface area is 182 Å². The van der Waals surface area contributed by atoms with Crippen molar-refractivity contribution in [1.29, 1.82) is 0 Å². The molecule has 1 saturated heterocycles. The van der Waals surface area contributed by atoms with Gasteiger partial charge in [-0.25, -0.2) is 4.72 Å². The number of aromatic nitrogens is 2. The van der Waals surface area contributed by atoms with Crippen LogP contribution in [0.4, 0.5) is 0 Å². The summed E-state index contributed by atoms with van der Waals surface area (Å²) in [6.07, 6.45) is 6.26. The number of amides is 1. The number of benzene rings is 1. The first-order chi connectivity index (χ1) is 14.8. The number of hydrogen-bond acceptors (Lipinski definition) is 6. The smallest absolute Gasteiger partial charge is 0.283 e. The highest BCUT2D eigenvalue weighted by atomic mass is 32.2. The lowest BCUT2D eigenvalue weighted by atomic mass is 9.92. The van der Waals surface area contributed by atoms with E-state index in [0.29, 0.717) is 18.9 Å². The zero-order chi connectivity index (χ0) is 21.8. The van der Waals surface area contributed by atoms with Crippen LogP contribution in [0.25, 0.3) is 0 Å². The Hall–Kier alpha value is -2.23. The molecule has 1 amide bonds. The Bertz CT molecular complexity index is 1130. The van der Waals surface area contributed by atoms with Crippen LogP contribution in [0.5, 0.6) is 0 Å². The van der Waals surface area contributed by atoms with Gasteiger partial charge < -0.3 is 9.47 Å². The molecule has 3 aliphatic rings. The molecule has 2 heterocycles. The van der Waals surface area contributed by atoms with E-state index in [1.54, 1.807) is 14.2 Å². The molecule has 0 spiro atoms. The maximum atomic E-state index is 12.9. The van der Waals surface area contributed by atoms with Crippen LogP contribution < -0.4 is 4.72 Å². The molecule has 0 radical (unpaired) electrons. The van der Waals surface area contributed by atoms with Crippen LogP contribution in [0.3, 0.4) is 0 Å². The average Bonchev–Trinajstić information content (AvgIpc) is 3.41. The predicted molar refractivity (Wildman–Crippen MR) is 112 cm³/mol. The molecule has 166 valence electrons. The second-order valence-corrected chi connectivity index (χ2v) is 10.4. The van der Waals surface area contributed by atoms with E-state index in [0.717, 1.165) is 44.1 Å². The molecule has 1 N–H and O–H groups in total. The zero-order valence-electron chi connectivity index (χ0n) is 17.9. The highest BCUT2D eigenvalue weighted by Crippen LogP contribution is 2.36. The summed E-state index contributed by atoms with van der Waals surface area (Å²) in [5, 5.41) is 3.94. The van der Waals surface area contributed by atoms with Gasteiger partial charge in [0.2, 0.25) is 5.91 Å². The minimum atomic E-state index is -4.09. The number of hydrogen-bond donors (Lipinski definition) is 1. The maximum Gasteiger partial charge on any atom is 0.283 e. The Morgan fingerprint density at radius 2 is 1.81 bits per heavy atom. The van der Waals surface area contributed by atoms with Crippen LogP contribution >= 0.6 is 0 Å². The Balaban J connectivity index is 1.38. The van der Waals surface area contributed by atoms with E-state index < -0.39 is 21.5 Å². The Morgan fingerprint density at radius 1 is 1.16 bits per heavy atom. The molecule has 31 heavy (non-hydrogen) atoms. The molecule has 5 rings (SSSR count). The Kier molecular flexibility index (Phi) is 4.95. The minimum absolute atomic E-state index is 0.0836. The normalized spacial score (nSPS) is 19.0. The van der Waals surface area contributed by atoms with Crippen LogP contribution in [-0.2, 0) is 69.0 Å². The topological polar surface area (TPSA) is 99.5 Å². The monoisotopic (exact) mass is 445 g/mol. The average molecular weight is 446 g/mol. The van der Waals surface area contributed by atoms with E-state index >= 15 is 0 Å². The summed E-state index contributed by atoms with van der Waals surface area (Å²) in [5.41, 5.74) is 6.10. The molecular formula is C22H27N3O5S. The number of rotatable bonds is 6. The van der Waals surface area contributed by atoms with Crippen molar-refractivity contribution in [3.63, 3.8) is 0 Å². The highest BCUT2D eigenvalue weighted by molar-refractivity contribution is 7.90. The van der Waals surface area contributed by atoms with Crippen molar-refractivity contribution in [1.82, 2.24) is 14.5 Å². The standard InChI is InChI=1S/C22H27N3O5S/c1-25-19(22(29-2)12-30-13-22)11-21(23-25)31(27,28)24-20(26)10-18-16-7-3-5-14(16)9-15-6-4-8-17(15)18/h9,11H,3-8,10,12-13H2,1-2H3,(H,24,26). The predicted octanol–water partition coefficient (Wildman–Crippen LogP) is 1.32. The Morgan fingerprint density at radius 3 is 2.35 bits per heavy atom. The first-order valence-corrected chi connectivity index (χ1v) is 12.2. The van der Waals surface area contributed by atoms with Crippen molar-refractivity contribution >= 4 is 15.9 Å². The molecule has 1 aromatic heterocycles. The highest BCUT2D eigenvalue weighted by Gasteiger charge is 2.44. The van der Waals surface area contributed by atoms with Crippen LogP contribution in [0.15, 0.2) is 17.2 Å². The van der Waals surface area contributed by atoms with Gasteiger partial charge in [-0.05, 0) is 66.3 Å². The van der Waals surface area contributed by atoms with Crippen molar-refractivity contribution in [2.24, 2.45) is 7.05 Å². The fraction of sp³-hybridized carbons (Fsp3) is 0.545. The summed E-state index contributed by atoms with van der Waals surface area (Å²) in [6, 6.07) is 3.76. The van der Waals surface area contributed by atoms with Gasteiger partial charge in [-0.2, -0.15) is 13.5 Å². The zero-order valence-corrected chi connectivity index (χ0v) is 18.7. The van der Waals surface area contributed by atoms with Gasteiger partial charge in [0.25, 0.3) is 10.0 Å². The van der Waals surface area contributed by atoms with E-state index in [1.807, 2.05) is 0 Å². The van der Waals surface area contributed by atoms with Gasteiger partial charge in [0.05, 0.1) is 25.3 Å². The number of nitrogens with one attached hydrogen (secondary N) is 1. The number of aryl methyl sites for hydroxylation is 3. The second kappa shape index (κ2) is 7.43.